The van der Waals surface area contributed by atoms with Crippen LogP contribution in [0.2, 0.25) is 0 Å². The van der Waals surface area contributed by atoms with E-state index in [1.807, 2.05) is 0 Å². The fraction of sp³-hybridized carbons (Fsp3) is 0. The Morgan fingerprint density at radius 1 is 1.18 bits per heavy atom. The lowest BCUT2D eigenvalue weighted by Gasteiger charge is -2.02. The van der Waals surface area contributed by atoms with E-state index in [2.05, 4.69) is 15.3 Å². The summed E-state index contributed by atoms with van der Waals surface area (Å²) in [7, 11) is 0. The van der Waals surface area contributed by atoms with E-state index < -0.39 is 0 Å². The maximum atomic E-state index is 13.2. The number of aromatic nitrogens is 4. The summed E-state index contributed by atoms with van der Waals surface area (Å²) < 4.78 is 14.7. The van der Waals surface area contributed by atoms with Gasteiger partial charge >= 0.3 is 0 Å². The Kier molecular flexibility index (Phi) is 2.01. The van der Waals surface area contributed by atoms with Gasteiger partial charge in [0.05, 0.1) is 0 Å². The summed E-state index contributed by atoms with van der Waals surface area (Å²) in [4.78, 5) is 0. The Labute approximate surface area is 95.7 Å². The molecule has 5 nitrogen and oxygen atoms in total. The smallest absolute Gasteiger partial charge is 0.187 e. The largest absolute Gasteiger partial charge is 0.398 e. The Balaban J connectivity index is 2.31. The molecule has 0 bridgehead atoms. The Bertz CT molecular complexity index is 691. The van der Waals surface area contributed by atoms with Crippen molar-refractivity contribution >= 4 is 11.3 Å². The van der Waals surface area contributed by atoms with Crippen molar-refractivity contribution in [1.29, 1.82) is 0 Å². The first-order valence-corrected chi connectivity index (χ1v) is 4.97. The average molecular weight is 229 g/mol. The highest BCUT2D eigenvalue weighted by molar-refractivity contribution is 5.72. The van der Waals surface area contributed by atoms with Gasteiger partial charge in [-0.3, -0.25) is 0 Å². The molecule has 3 aromatic rings. The average Bonchev–Trinajstić information content (AvgIpc) is 2.76. The van der Waals surface area contributed by atoms with Gasteiger partial charge < -0.3 is 5.73 Å². The zero-order valence-electron chi connectivity index (χ0n) is 8.71. The SMILES string of the molecule is Nc1ccc(F)cc1-c1nnc2cccnn12. The van der Waals surface area contributed by atoms with Crippen LogP contribution < -0.4 is 5.73 Å². The number of halogens is 1. The summed E-state index contributed by atoms with van der Waals surface area (Å²) in [6.07, 6.45) is 1.61. The van der Waals surface area contributed by atoms with E-state index in [1.165, 1.54) is 22.7 Å². The Morgan fingerprint density at radius 2 is 2.06 bits per heavy atom. The minimum atomic E-state index is -0.373. The number of nitrogens with zero attached hydrogens (tertiary/aromatic N) is 4. The second-order valence-electron chi connectivity index (χ2n) is 3.55. The van der Waals surface area contributed by atoms with Gasteiger partial charge in [0.1, 0.15) is 5.82 Å². The number of rotatable bonds is 1. The van der Waals surface area contributed by atoms with Gasteiger partial charge in [-0.1, -0.05) is 0 Å². The van der Waals surface area contributed by atoms with E-state index in [1.54, 1.807) is 18.3 Å². The molecular weight excluding hydrogens is 221 g/mol. The summed E-state index contributed by atoms with van der Waals surface area (Å²) in [6.45, 7) is 0. The lowest BCUT2D eigenvalue weighted by Crippen LogP contribution is -1.97. The molecular formula is C11H8FN5. The third kappa shape index (κ3) is 1.50. The summed E-state index contributed by atoms with van der Waals surface area (Å²) in [6, 6.07) is 7.63. The Morgan fingerprint density at radius 3 is 2.94 bits per heavy atom. The van der Waals surface area contributed by atoms with Crippen LogP contribution in [0.5, 0.6) is 0 Å². The molecule has 17 heavy (non-hydrogen) atoms. The summed E-state index contributed by atoms with van der Waals surface area (Å²) >= 11 is 0. The fourth-order valence-electron chi connectivity index (χ4n) is 1.63. The molecule has 0 amide bonds. The first-order chi connectivity index (χ1) is 8.25. The highest BCUT2D eigenvalue weighted by Crippen LogP contribution is 2.24. The number of hydrogen-bond donors (Lipinski definition) is 1. The number of hydrogen-bond acceptors (Lipinski definition) is 4. The second kappa shape index (κ2) is 3.51. The second-order valence-corrected chi connectivity index (χ2v) is 3.55. The highest BCUT2D eigenvalue weighted by Gasteiger charge is 2.12. The van der Waals surface area contributed by atoms with Crippen molar-refractivity contribution in [2.75, 3.05) is 5.73 Å². The van der Waals surface area contributed by atoms with Gasteiger partial charge in [-0.25, -0.2) is 4.39 Å². The molecule has 2 aromatic heterocycles. The number of anilines is 1. The minimum absolute atomic E-state index is 0.373. The topological polar surface area (TPSA) is 69.1 Å². The van der Waals surface area contributed by atoms with Crippen LogP contribution in [0.15, 0.2) is 36.5 Å². The summed E-state index contributed by atoms with van der Waals surface area (Å²) in [5.74, 6) is 0.0551. The molecule has 0 unspecified atom stereocenters. The molecule has 0 atom stereocenters. The molecule has 1 aromatic carbocycles. The fourth-order valence-corrected chi connectivity index (χ4v) is 1.63. The lowest BCUT2D eigenvalue weighted by atomic mass is 10.1. The molecule has 84 valence electrons. The third-order valence-corrected chi connectivity index (χ3v) is 2.43. The van der Waals surface area contributed by atoms with Crippen LogP contribution in [0.1, 0.15) is 0 Å². The van der Waals surface area contributed by atoms with E-state index in [-0.39, 0.29) is 5.82 Å². The van der Waals surface area contributed by atoms with Crippen molar-refractivity contribution in [2.45, 2.75) is 0 Å². The van der Waals surface area contributed by atoms with Crippen LogP contribution in [0, 0.1) is 5.82 Å². The first kappa shape index (κ1) is 9.71. The van der Waals surface area contributed by atoms with Gasteiger partial charge in [0, 0.05) is 17.4 Å². The van der Waals surface area contributed by atoms with Crippen LogP contribution in [0.4, 0.5) is 10.1 Å². The van der Waals surface area contributed by atoms with Crippen molar-refractivity contribution in [3.8, 4) is 11.4 Å². The zero-order chi connectivity index (χ0) is 11.8. The zero-order valence-corrected chi connectivity index (χ0v) is 8.71. The summed E-state index contributed by atoms with van der Waals surface area (Å²) in [5.41, 5.74) is 7.30. The van der Waals surface area contributed by atoms with Gasteiger partial charge in [-0.15, -0.1) is 10.2 Å². The van der Waals surface area contributed by atoms with Crippen molar-refractivity contribution in [3.63, 3.8) is 0 Å². The number of fused-ring (bicyclic) bond motifs is 1. The number of benzene rings is 1. The normalized spacial score (nSPS) is 10.9. The molecule has 6 heteroatoms. The quantitative estimate of drug-likeness (QED) is 0.642. The van der Waals surface area contributed by atoms with Crippen molar-refractivity contribution in [3.05, 3.63) is 42.3 Å². The van der Waals surface area contributed by atoms with Crippen LogP contribution >= 0.6 is 0 Å². The molecule has 2 heterocycles. The van der Waals surface area contributed by atoms with Crippen LogP contribution in [0.3, 0.4) is 0 Å². The molecule has 0 saturated heterocycles. The van der Waals surface area contributed by atoms with E-state index >= 15 is 0 Å². The highest BCUT2D eigenvalue weighted by atomic mass is 19.1. The van der Waals surface area contributed by atoms with E-state index in [0.717, 1.165) is 0 Å². The minimum Gasteiger partial charge on any atom is -0.398 e. The predicted molar refractivity (Wildman–Crippen MR) is 60.6 cm³/mol. The maximum absolute atomic E-state index is 13.2. The predicted octanol–water partition coefficient (Wildman–Crippen LogP) is 1.51. The van der Waals surface area contributed by atoms with E-state index in [9.17, 15) is 4.39 Å². The molecule has 0 aliphatic rings. The van der Waals surface area contributed by atoms with Crippen molar-refractivity contribution < 1.29 is 4.39 Å². The van der Waals surface area contributed by atoms with Gasteiger partial charge in [0.15, 0.2) is 11.5 Å². The maximum Gasteiger partial charge on any atom is 0.187 e. The van der Waals surface area contributed by atoms with Crippen molar-refractivity contribution in [2.24, 2.45) is 0 Å². The van der Waals surface area contributed by atoms with Crippen molar-refractivity contribution in [1.82, 2.24) is 19.8 Å². The Hall–Kier alpha value is -2.50. The molecule has 0 fully saturated rings. The van der Waals surface area contributed by atoms with Crippen LogP contribution in [-0.2, 0) is 0 Å². The van der Waals surface area contributed by atoms with Gasteiger partial charge in [-0.05, 0) is 30.3 Å². The van der Waals surface area contributed by atoms with Gasteiger partial charge in [-0.2, -0.15) is 9.61 Å². The standard InChI is InChI=1S/C11H8FN5/c12-7-3-4-9(13)8(6-7)11-16-15-10-2-1-5-14-17(10)11/h1-6H,13H2. The van der Waals surface area contributed by atoms with Gasteiger partial charge in [0.25, 0.3) is 0 Å². The van der Waals surface area contributed by atoms with Crippen LogP contribution in [0.25, 0.3) is 17.0 Å². The molecule has 0 spiro atoms. The molecule has 0 radical (unpaired) electrons. The van der Waals surface area contributed by atoms with E-state index in [0.29, 0.717) is 22.7 Å². The molecule has 3 rings (SSSR count). The number of nitrogens with two attached hydrogens (primary N) is 1. The summed E-state index contributed by atoms with van der Waals surface area (Å²) in [5, 5.41) is 12.0. The molecule has 0 saturated carbocycles. The first-order valence-electron chi connectivity index (χ1n) is 4.97. The molecule has 2 N–H and O–H groups in total. The number of nitrogen functional groups attached to an aromatic ring is 1. The van der Waals surface area contributed by atoms with Gasteiger partial charge in [0.2, 0.25) is 0 Å². The lowest BCUT2D eigenvalue weighted by molar-refractivity contribution is 0.628. The van der Waals surface area contributed by atoms with E-state index in [4.69, 9.17) is 5.73 Å². The molecule has 0 aliphatic carbocycles. The third-order valence-electron chi connectivity index (χ3n) is 2.43. The molecule has 0 aliphatic heterocycles. The monoisotopic (exact) mass is 229 g/mol. The van der Waals surface area contributed by atoms with Crippen LogP contribution in [-0.4, -0.2) is 19.8 Å².